The Bertz CT molecular complexity index is 364. The first-order chi connectivity index (χ1) is 7.95. The molecule has 1 nitrogen and oxygen atoms in total. The maximum atomic E-state index is 4.01. The van der Waals surface area contributed by atoms with Crippen molar-refractivity contribution >= 4 is 11.8 Å². The van der Waals surface area contributed by atoms with E-state index >= 15 is 0 Å². The summed E-state index contributed by atoms with van der Waals surface area (Å²) in [4.78, 5) is 4.01. The van der Waals surface area contributed by atoms with E-state index in [1.165, 1.54) is 16.9 Å². The predicted molar refractivity (Wildman–Crippen MR) is 70.5 cm³/mol. The number of thioether (sulfide) groups is 1. The third kappa shape index (κ3) is 5.24. The minimum atomic E-state index is 0. The summed E-state index contributed by atoms with van der Waals surface area (Å²) in [6.07, 6.45) is 4.84. The van der Waals surface area contributed by atoms with E-state index in [9.17, 15) is 0 Å². The first-order valence-electron chi connectivity index (χ1n) is 5.46. The average Bonchev–Trinajstić information content (AvgIpc) is 2.37. The first kappa shape index (κ1) is 14.1. The van der Waals surface area contributed by atoms with Gasteiger partial charge in [-0.05, 0) is 35.4 Å². The Morgan fingerprint density at radius 3 is 2.29 bits per heavy atom. The molecular weight excluding hydrogens is 250 g/mol. The molecule has 3 heteroatoms. The zero-order valence-electron chi connectivity index (χ0n) is 9.55. The quantitative estimate of drug-likeness (QED) is 0.732. The molecule has 0 amide bonds. The van der Waals surface area contributed by atoms with Gasteiger partial charge in [-0.25, -0.2) is 0 Å². The maximum Gasteiger partial charge on any atom is 0.0270 e. The van der Waals surface area contributed by atoms with Crippen LogP contribution in [0.2, 0.25) is 0 Å². The second kappa shape index (κ2) is 8.15. The molecule has 0 aliphatic carbocycles. The van der Waals surface area contributed by atoms with Crippen LogP contribution in [0.3, 0.4) is 0 Å². The molecule has 0 radical (unpaired) electrons. The highest BCUT2D eigenvalue weighted by Gasteiger charge is 1.94. The van der Waals surface area contributed by atoms with Crippen molar-refractivity contribution in [3.8, 4) is 0 Å². The van der Waals surface area contributed by atoms with Gasteiger partial charge in [-0.1, -0.05) is 30.3 Å². The van der Waals surface area contributed by atoms with E-state index in [1.807, 2.05) is 24.2 Å². The number of pyridine rings is 1. The van der Waals surface area contributed by atoms with Crippen LogP contribution in [-0.2, 0) is 12.2 Å². The van der Waals surface area contributed by atoms with Crippen molar-refractivity contribution in [2.24, 2.45) is 0 Å². The molecule has 1 aromatic carbocycles. The Hall–Kier alpha value is -0.990. The van der Waals surface area contributed by atoms with Gasteiger partial charge in [0.2, 0.25) is 0 Å². The number of rotatable bonds is 5. The molecule has 0 saturated heterocycles. The average molecular weight is 265 g/mol. The lowest BCUT2D eigenvalue weighted by Gasteiger charge is -2.02. The monoisotopic (exact) mass is 264 g/mol. The first-order valence-corrected chi connectivity index (χ1v) is 6.61. The third-order valence-electron chi connectivity index (χ3n) is 2.40. The van der Waals surface area contributed by atoms with Crippen LogP contribution in [0.5, 0.6) is 0 Å². The molecule has 17 heavy (non-hydrogen) atoms. The van der Waals surface area contributed by atoms with Crippen molar-refractivity contribution in [1.82, 2.24) is 4.98 Å². The molecular formula is C14H15ClNS-. The molecule has 0 aliphatic heterocycles. The highest BCUT2D eigenvalue weighted by atomic mass is 35.5. The summed E-state index contributed by atoms with van der Waals surface area (Å²) in [6, 6.07) is 14.8. The lowest BCUT2D eigenvalue weighted by Crippen LogP contribution is -3.00. The standard InChI is InChI=1S/C14H15NS.ClH/c1-2-4-14(5-3-1)12-16-11-8-13-6-9-15-10-7-13;/h1-7,9-10H,8,11-12H2;1H/p-1. The van der Waals surface area contributed by atoms with Crippen molar-refractivity contribution in [3.63, 3.8) is 0 Å². The lowest BCUT2D eigenvalue weighted by molar-refractivity contribution is -0.00000326. The van der Waals surface area contributed by atoms with Crippen molar-refractivity contribution in [2.45, 2.75) is 12.2 Å². The molecule has 90 valence electrons. The molecule has 0 atom stereocenters. The van der Waals surface area contributed by atoms with Gasteiger partial charge in [0.15, 0.2) is 0 Å². The fourth-order valence-electron chi connectivity index (χ4n) is 1.50. The van der Waals surface area contributed by atoms with Gasteiger partial charge in [-0.3, -0.25) is 4.98 Å². The highest BCUT2D eigenvalue weighted by Crippen LogP contribution is 2.13. The molecule has 0 saturated carbocycles. The Balaban J connectivity index is 0.00000144. The van der Waals surface area contributed by atoms with Crippen LogP contribution < -0.4 is 12.4 Å². The van der Waals surface area contributed by atoms with Crippen molar-refractivity contribution in [1.29, 1.82) is 0 Å². The number of aromatic nitrogens is 1. The smallest absolute Gasteiger partial charge is 0.0270 e. The molecule has 0 fully saturated rings. The number of hydrogen-bond donors (Lipinski definition) is 0. The molecule has 1 aromatic heterocycles. The maximum absolute atomic E-state index is 4.01. The van der Waals surface area contributed by atoms with Crippen LogP contribution in [-0.4, -0.2) is 10.7 Å². The van der Waals surface area contributed by atoms with E-state index in [4.69, 9.17) is 0 Å². The molecule has 2 aromatic rings. The Morgan fingerprint density at radius 1 is 0.882 bits per heavy atom. The molecule has 0 bridgehead atoms. The second-order valence-electron chi connectivity index (χ2n) is 3.64. The zero-order valence-corrected chi connectivity index (χ0v) is 11.1. The molecule has 1 heterocycles. The van der Waals surface area contributed by atoms with Crippen LogP contribution in [0.4, 0.5) is 0 Å². The summed E-state index contributed by atoms with van der Waals surface area (Å²) in [5.74, 6) is 2.27. The Morgan fingerprint density at radius 2 is 1.59 bits per heavy atom. The van der Waals surface area contributed by atoms with Crippen LogP contribution in [0.15, 0.2) is 54.9 Å². The molecule has 0 aliphatic rings. The molecule has 0 unspecified atom stereocenters. The number of benzene rings is 1. The van der Waals surface area contributed by atoms with Gasteiger partial charge in [0, 0.05) is 18.1 Å². The van der Waals surface area contributed by atoms with E-state index in [0.717, 1.165) is 12.2 Å². The predicted octanol–water partition coefficient (Wildman–Crippen LogP) is 0.561. The van der Waals surface area contributed by atoms with Crippen molar-refractivity contribution in [2.75, 3.05) is 5.75 Å². The zero-order chi connectivity index (χ0) is 11.1. The number of aryl methyl sites for hydroxylation is 1. The largest absolute Gasteiger partial charge is 1.00 e. The van der Waals surface area contributed by atoms with Gasteiger partial charge < -0.3 is 12.4 Å². The number of hydrogen-bond acceptors (Lipinski definition) is 2. The SMILES string of the molecule is [Cl-].c1ccc(CSCCc2ccncc2)cc1. The summed E-state index contributed by atoms with van der Waals surface area (Å²) >= 11 is 1.98. The fourth-order valence-corrected chi connectivity index (χ4v) is 2.46. The number of nitrogens with zero attached hydrogens (tertiary/aromatic N) is 1. The summed E-state index contributed by atoms with van der Waals surface area (Å²) in [5, 5.41) is 0. The second-order valence-corrected chi connectivity index (χ2v) is 4.75. The van der Waals surface area contributed by atoms with Crippen LogP contribution in [0.25, 0.3) is 0 Å². The van der Waals surface area contributed by atoms with Gasteiger partial charge >= 0.3 is 0 Å². The van der Waals surface area contributed by atoms with Crippen molar-refractivity contribution < 1.29 is 12.4 Å². The minimum absolute atomic E-state index is 0. The van der Waals surface area contributed by atoms with Gasteiger partial charge in [-0.2, -0.15) is 11.8 Å². The van der Waals surface area contributed by atoms with Gasteiger partial charge in [0.25, 0.3) is 0 Å². The summed E-state index contributed by atoms with van der Waals surface area (Å²) in [6.45, 7) is 0. The van der Waals surface area contributed by atoms with Gasteiger partial charge in [-0.15, -0.1) is 0 Å². The Kier molecular flexibility index (Phi) is 6.75. The Labute approximate surface area is 113 Å². The van der Waals surface area contributed by atoms with Gasteiger partial charge in [0.05, 0.1) is 0 Å². The van der Waals surface area contributed by atoms with Crippen LogP contribution in [0.1, 0.15) is 11.1 Å². The van der Waals surface area contributed by atoms with E-state index in [1.54, 1.807) is 0 Å². The normalized spacial score (nSPS) is 9.65. The van der Waals surface area contributed by atoms with E-state index in [2.05, 4.69) is 47.4 Å². The molecule has 0 spiro atoms. The molecule has 2 rings (SSSR count). The number of halogens is 1. The van der Waals surface area contributed by atoms with Gasteiger partial charge in [0.1, 0.15) is 0 Å². The summed E-state index contributed by atoms with van der Waals surface area (Å²) in [7, 11) is 0. The third-order valence-corrected chi connectivity index (χ3v) is 3.43. The van der Waals surface area contributed by atoms with E-state index in [0.29, 0.717) is 0 Å². The molecule has 0 N–H and O–H groups in total. The lowest BCUT2D eigenvalue weighted by atomic mass is 10.2. The van der Waals surface area contributed by atoms with Crippen LogP contribution >= 0.6 is 11.8 Å². The highest BCUT2D eigenvalue weighted by molar-refractivity contribution is 7.98. The van der Waals surface area contributed by atoms with E-state index < -0.39 is 0 Å². The topological polar surface area (TPSA) is 12.9 Å². The fraction of sp³-hybridized carbons (Fsp3) is 0.214. The van der Waals surface area contributed by atoms with E-state index in [-0.39, 0.29) is 12.4 Å². The summed E-state index contributed by atoms with van der Waals surface area (Å²) < 4.78 is 0. The summed E-state index contributed by atoms with van der Waals surface area (Å²) in [5.41, 5.74) is 2.78. The van der Waals surface area contributed by atoms with Crippen LogP contribution in [0, 0.1) is 0 Å². The minimum Gasteiger partial charge on any atom is -1.00 e. The van der Waals surface area contributed by atoms with Crippen molar-refractivity contribution in [3.05, 3.63) is 66.0 Å².